The maximum absolute atomic E-state index is 12.6. The summed E-state index contributed by atoms with van der Waals surface area (Å²) in [6, 6.07) is 0. The highest BCUT2D eigenvalue weighted by Gasteiger charge is 2.44. The summed E-state index contributed by atoms with van der Waals surface area (Å²) in [5, 5.41) is 10.1. The third-order valence-corrected chi connectivity index (χ3v) is 4.37. The molecule has 2 fully saturated rings. The van der Waals surface area contributed by atoms with E-state index in [-0.39, 0.29) is 11.3 Å². The van der Waals surface area contributed by atoms with Gasteiger partial charge in [0.2, 0.25) is 5.91 Å². The zero-order valence-electron chi connectivity index (χ0n) is 10.7. The van der Waals surface area contributed by atoms with E-state index in [9.17, 15) is 9.90 Å². The average molecular weight is 240 g/mol. The molecule has 1 aliphatic carbocycles. The van der Waals surface area contributed by atoms with Crippen LogP contribution < -0.4 is 5.73 Å². The largest absolute Gasteiger partial charge is 0.388 e. The predicted molar refractivity (Wildman–Crippen MR) is 66.4 cm³/mol. The highest BCUT2D eigenvalue weighted by Crippen LogP contribution is 2.39. The molecular weight excluding hydrogens is 216 g/mol. The number of piperidine rings is 1. The first kappa shape index (κ1) is 12.8. The molecule has 0 spiro atoms. The van der Waals surface area contributed by atoms with Crippen molar-refractivity contribution in [2.75, 3.05) is 19.6 Å². The van der Waals surface area contributed by atoms with Gasteiger partial charge in [-0.25, -0.2) is 0 Å². The highest BCUT2D eigenvalue weighted by atomic mass is 16.3. The summed E-state index contributed by atoms with van der Waals surface area (Å²) < 4.78 is 0. The van der Waals surface area contributed by atoms with Crippen molar-refractivity contribution in [2.45, 2.75) is 51.0 Å². The van der Waals surface area contributed by atoms with Gasteiger partial charge < -0.3 is 15.7 Å². The van der Waals surface area contributed by atoms with E-state index >= 15 is 0 Å². The molecule has 1 atom stereocenters. The number of rotatable bonds is 2. The lowest BCUT2D eigenvalue weighted by Crippen LogP contribution is -2.54. The van der Waals surface area contributed by atoms with E-state index in [1.807, 2.05) is 11.8 Å². The lowest BCUT2D eigenvalue weighted by molar-refractivity contribution is -0.147. The molecule has 1 saturated carbocycles. The minimum atomic E-state index is -0.720. The van der Waals surface area contributed by atoms with Crippen LogP contribution in [-0.4, -0.2) is 41.1 Å². The summed E-state index contributed by atoms with van der Waals surface area (Å²) in [5.74, 6) is 0.178. The molecule has 98 valence electrons. The molecule has 0 aromatic carbocycles. The second-order valence-corrected chi connectivity index (χ2v) is 6.02. The lowest BCUT2D eigenvalue weighted by atomic mass is 9.83. The summed E-state index contributed by atoms with van der Waals surface area (Å²) in [6.45, 7) is 3.50. The van der Waals surface area contributed by atoms with Gasteiger partial charge in [0.25, 0.3) is 0 Å². The fourth-order valence-electron chi connectivity index (χ4n) is 3.29. The minimum absolute atomic E-state index is 0.178. The number of carbonyl (C=O) groups excluding carboxylic acids is 1. The van der Waals surface area contributed by atoms with Crippen molar-refractivity contribution in [3.8, 4) is 0 Å². The summed E-state index contributed by atoms with van der Waals surface area (Å²) in [7, 11) is 0. The molecule has 1 aliphatic heterocycles. The fraction of sp³-hybridized carbons (Fsp3) is 0.923. The van der Waals surface area contributed by atoms with Crippen molar-refractivity contribution < 1.29 is 9.90 Å². The van der Waals surface area contributed by atoms with Crippen molar-refractivity contribution in [2.24, 2.45) is 11.1 Å². The summed E-state index contributed by atoms with van der Waals surface area (Å²) >= 11 is 0. The third-order valence-electron chi connectivity index (χ3n) is 4.37. The molecule has 1 unspecified atom stereocenters. The van der Waals surface area contributed by atoms with Crippen LogP contribution in [0.4, 0.5) is 0 Å². The molecule has 0 aromatic rings. The first-order valence-electron chi connectivity index (χ1n) is 6.71. The Bertz CT molecular complexity index is 296. The van der Waals surface area contributed by atoms with Crippen LogP contribution in [0.1, 0.15) is 45.4 Å². The molecule has 1 amide bonds. The van der Waals surface area contributed by atoms with Gasteiger partial charge in [-0.05, 0) is 32.6 Å². The molecule has 4 heteroatoms. The Hall–Kier alpha value is -0.610. The Labute approximate surface area is 103 Å². The summed E-state index contributed by atoms with van der Waals surface area (Å²) in [6.07, 6.45) is 5.72. The molecule has 0 bridgehead atoms. The van der Waals surface area contributed by atoms with Crippen molar-refractivity contribution in [3.63, 3.8) is 0 Å². The van der Waals surface area contributed by atoms with Crippen LogP contribution in [0.15, 0.2) is 0 Å². The SMILES string of the molecule is CC1(O)CCCN(C(=O)C2(CN)CCCC2)C1. The molecule has 3 N–H and O–H groups in total. The van der Waals surface area contributed by atoms with Gasteiger partial charge in [0.1, 0.15) is 0 Å². The van der Waals surface area contributed by atoms with Crippen molar-refractivity contribution in [1.82, 2.24) is 4.90 Å². The lowest BCUT2D eigenvalue weighted by Gasteiger charge is -2.41. The standard InChI is InChI=1S/C13H24N2O2/c1-12(17)5-4-8-15(10-12)11(16)13(9-14)6-2-3-7-13/h17H,2-10,14H2,1H3. The van der Waals surface area contributed by atoms with Gasteiger partial charge >= 0.3 is 0 Å². The third kappa shape index (κ3) is 2.47. The zero-order valence-corrected chi connectivity index (χ0v) is 10.7. The van der Waals surface area contributed by atoms with Gasteiger partial charge in [-0.2, -0.15) is 0 Å². The Morgan fingerprint density at radius 3 is 2.47 bits per heavy atom. The van der Waals surface area contributed by atoms with Crippen LogP contribution in [0.3, 0.4) is 0 Å². The summed E-state index contributed by atoms with van der Waals surface area (Å²) in [4.78, 5) is 14.4. The van der Waals surface area contributed by atoms with Gasteiger partial charge in [-0.3, -0.25) is 4.79 Å². The minimum Gasteiger partial charge on any atom is -0.388 e. The van der Waals surface area contributed by atoms with Crippen molar-refractivity contribution >= 4 is 5.91 Å². The topological polar surface area (TPSA) is 66.6 Å². The van der Waals surface area contributed by atoms with Gasteiger partial charge in [0.05, 0.1) is 11.0 Å². The molecule has 1 heterocycles. The Balaban J connectivity index is 2.08. The number of hydrogen-bond donors (Lipinski definition) is 2. The van der Waals surface area contributed by atoms with Crippen LogP contribution in [0, 0.1) is 5.41 Å². The Morgan fingerprint density at radius 2 is 1.94 bits per heavy atom. The molecule has 0 aromatic heterocycles. The number of carbonyl (C=O) groups is 1. The van der Waals surface area contributed by atoms with Crippen LogP contribution >= 0.6 is 0 Å². The van der Waals surface area contributed by atoms with Crippen LogP contribution in [0.25, 0.3) is 0 Å². The number of aliphatic hydroxyl groups is 1. The number of likely N-dealkylation sites (tertiary alicyclic amines) is 1. The Kier molecular flexibility index (Phi) is 3.46. The molecule has 1 saturated heterocycles. The molecule has 2 aliphatic rings. The zero-order chi connectivity index (χ0) is 12.5. The average Bonchev–Trinajstić information content (AvgIpc) is 2.76. The van der Waals surface area contributed by atoms with Gasteiger partial charge in [0.15, 0.2) is 0 Å². The number of hydrogen-bond acceptors (Lipinski definition) is 3. The van der Waals surface area contributed by atoms with Crippen molar-refractivity contribution in [1.29, 1.82) is 0 Å². The number of amides is 1. The predicted octanol–water partition coefficient (Wildman–Crippen LogP) is 0.879. The van der Waals surface area contributed by atoms with Crippen LogP contribution in [-0.2, 0) is 4.79 Å². The van der Waals surface area contributed by atoms with Gasteiger partial charge in [-0.1, -0.05) is 12.8 Å². The Morgan fingerprint density at radius 1 is 1.29 bits per heavy atom. The smallest absolute Gasteiger partial charge is 0.230 e. The fourth-order valence-corrected chi connectivity index (χ4v) is 3.29. The van der Waals surface area contributed by atoms with Crippen LogP contribution in [0.2, 0.25) is 0 Å². The molecule has 2 rings (SSSR count). The number of nitrogens with zero attached hydrogens (tertiary/aromatic N) is 1. The first-order chi connectivity index (χ1) is 7.99. The summed E-state index contributed by atoms with van der Waals surface area (Å²) in [5.41, 5.74) is 4.79. The van der Waals surface area contributed by atoms with E-state index in [0.717, 1.165) is 45.1 Å². The first-order valence-corrected chi connectivity index (χ1v) is 6.71. The second-order valence-electron chi connectivity index (χ2n) is 6.02. The highest BCUT2D eigenvalue weighted by molar-refractivity contribution is 5.83. The van der Waals surface area contributed by atoms with Gasteiger partial charge in [-0.15, -0.1) is 0 Å². The van der Waals surface area contributed by atoms with Crippen molar-refractivity contribution in [3.05, 3.63) is 0 Å². The van der Waals surface area contributed by atoms with E-state index in [0.29, 0.717) is 13.1 Å². The van der Waals surface area contributed by atoms with Crippen LogP contribution in [0.5, 0.6) is 0 Å². The van der Waals surface area contributed by atoms with E-state index in [1.54, 1.807) is 0 Å². The molecule has 0 radical (unpaired) electrons. The van der Waals surface area contributed by atoms with Gasteiger partial charge in [0, 0.05) is 19.6 Å². The van der Waals surface area contributed by atoms with E-state index in [2.05, 4.69) is 0 Å². The monoisotopic (exact) mass is 240 g/mol. The molecule has 17 heavy (non-hydrogen) atoms. The maximum Gasteiger partial charge on any atom is 0.230 e. The second kappa shape index (κ2) is 4.58. The maximum atomic E-state index is 12.6. The van der Waals surface area contributed by atoms with E-state index in [4.69, 9.17) is 5.73 Å². The van der Waals surface area contributed by atoms with E-state index < -0.39 is 5.60 Å². The van der Waals surface area contributed by atoms with E-state index in [1.165, 1.54) is 0 Å². The number of β-amino-alcohol motifs (C(OH)–C–C–N with tert-alkyl or cyclic N) is 1. The quantitative estimate of drug-likeness (QED) is 0.753. The molecule has 4 nitrogen and oxygen atoms in total. The molecular formula is C13H24N2O2. The number of nitrogens with two attached hydrogens (primary N) is 1. The normalized spacial score (nSPS) is 32.8.